The van der Waals surface area contributed by atoms with E-state index in [0.29, 0.717) is 0 Å². The van der Waals surface area contributed by atoms with E-state index in [0.717, 1.165) is 72.4 Å². The summed E-state index contributed by atoms with van der Waals surface area (Å²) < 4.78 is 6.23. The first-order chi connectivity index (χ1) is 30.6. The molecule has 298 valence electrons. The van der Waals surface area contributed by atoms with Crippen molar-refractivity contribution in [2.75, 3.05) is 4.90 Å². The van der Waals surface area contributed by atoms with Crippen LogP contribution in [0.3, 0.4) is 0 Å². The Morgan fingerprint density at radius 2 is 1.11 bits per heavy atom. The molecular formula is C60H47NO. The molecule has 0 N–H and O–H groups in total. The smallest absolute Gasteiger partial charge is 0.136 e. The third-order valence-corrected chi connectivity index (χ3v) is 11.2. The molecule has 0 bridgehead atoms. The Hall–Kier alpha value is -7.94. The van der Waals surface area contributed by atoms with Crippen molar-refractivity contribution in [3.8, 4) is 11.1 Å². The van der Waals surface area contributed by atoms with E-state index >= 15 is 0 Å². The van der Waals surface area contributed by atoms with Gasteiger partial charge < -0.3 is 9.32 Å². The number of hydrogen-bond acceptors (Lipinski definition) is 2. The lowest BCUT2D eigenvalue weighted by molar-refractivity contribution is 0.669. The molecular weight excluding hydrogens is 751 g/mol. The van der Waals surface area contributed by atoms with Crippen LogP contribution in [0.25, 0.3) is 67.1 Å². The van der Waals surface area contributed by atoms with Crippen LogP contribution in [0.15, 0.2) is 247 Å². The molecule has 0 saturated heterocycles. The van der Waals surface area contributed by atoms with Gasteiger partial charge in [-0.3, -0.25) is 0 Å². The van der Waals surface area contributed by atoms with E-state index in [2.05, 4.69) is 249 Å². The minimum Gasteiger partial charge on any atom is -0.456 e. The first kappa shape index (κ1) is 39.5. The molecule has 1 heterocycles. The van der Waals surface area contributed by atoms with Crippen molar-refractivity contribution >= 4 is 67.4 Å². The summed E-state index contributed by atoms with van der Waals surface area (Å²) in [5.41, 5.74) is 14.2. The first-order valence-corrected chi connectivity index (χ1v) is 21.2. The topological polar surface area (TPSA) is 16.4 Å². The number of hydrogen-bond donors (Lipinski definition) is 0. The van der Waals surface area contributed by atoms with Crippen LogP contribution < -0.4 is 4.90 Å². The highest BCUT2D eigenvalue weighted by molar-refractivity contribution is 6.10. The first-order valence-electron chi connectivity index (χ1n) is 21.2. The predicted molar refractivity (Wildman–Crippen MR) is 267 cm³/mol. The lowest BCUT2D eigenvalue weighted by Gasteiger charge is -2.27. The highest BCUT2D eigenvalue weighted by atomic mass is 16.3. The normalized spacial score (nSPS) is 12.8. The molecule has 9 aromatic rings. The standard InChI is InChI=1S/C60H47NO/c1-3-17-51(25-14-22-45-18-6-4-7-19-45)61(53-42-38-50(39-43-53)56-29-15-24-49-23-10-11-26-55(49)56)52-40-36-48(37-41-52)47(35-33-46-20-8-5-9-21-46)34-32-44(2)54-28-16-31-59-60(54)57-27-12-13-30-58(57)62-59/h3-43H,1-2H3/b17-3-,22-14+,35-33+,44-32+,47-34+,51-25+. The molecule has 1 aromatic heterocycles. The summed E-state index contributed by atoms with van der Waals surface area (Å²) in [7, 11) is 0. The number of nitrogens with zero attached hydrogens (tertiary/aromatic N) is 1. The van der Waals surface area contributed by atoms with Crippen molar-refractivity contribution in [3.05, 3.63) is 265 Å². The van der Waals surface area contributed by atoms with Gasteiger partial charge in [-0.05, 0) is 118 Å². The average Bonchev–Trinajstić information content (AvgIpc) is 3.72. The zero-order chi connectivity index (χ0) is 42.1. The van der Waals surface area contributed by atoms with Crippen molar-refractivity contribution in [2.24, 2.45) is 0 Å². The van der Waals surface area contributed by atoms with Crippen LogP contribution in [-0.2, 0) is 0 Å². The molecule has 0 saturated carbocycles. The summed E-state index contributed by atoms with van der Waals surface area (Å²) in [6.07, 6.45) is 19.6. The molecule has 62 heavy (non-hydrogen) atoms. The van der Waals surface area contributed by atoms with Gasteiger partial charge in [-0.15, -0.1) is 0 Å². The second-order valence-electron chi connectivity index (χ2n) is 15.3. The van der Waals surface area contributed by atoms with Gasteiger partial charge in [0.1, 0.15) is 11.2 Å². The Bertz CT molecular complexity index is 3150. The molecule has 0 amide bonds. The van der Waals surface area contributed by atoms with E-state index in [1.807, 2.05) is 18.2 Å². The number of para-hydroxylation sites is 1. The van der Waals surface area contributed by atoms with E-state index in [9.17, 15) is 0 Å². The summed E-state index contributed by atoms with van der Waals surface area (Å²) in [6.45, 7) is 4.25. The molecule has 9 rings (SSSR count). The molecule has 0 aliphatic carbocycles. The summed E-state index contributed by atoms with van der Waals surface area (Å²) in [5, 5.41) is 4.76. The zero-order valence-electron chi connectivity index (χ0n) is 35.0. The predicted octanol–water partition coefficient (Wildman–Crippen LogP) is 16.9. The van der Waals surface area contributed by atoms with E-state index < -0.39 is 0 Å². The Labute approximate surface area is 364 Å². The second kappa shape index (κ2) is 18.5. The van der Waals surface area contributed by atoms with Gasteiger partial charge >= 0.3 is 0 Å². The van der Waals surface area contributed by atoms with E-state index in [4.69, 9.17) is 4.42 Å². The van der Waals surface area contributed by atoms with Crippen LogP contribution in [0, 0.1) is 0 Å². The van der Waals surface area contributed by atoms with Crippen LogP contribution in [0.2, 0.25) is 0 Å². The fourth-order valence-corrected chi connectivity index (χ4v) is 8.12. The summed E-state index contributed by atoms with van der Waals surface area (Å²) in [5.74, 6) is 0. The lowest BCUT2D eigenvalue weighted by atomic mass is 9.97. The maximum Gasteiger partial charge on any atom is 0.136 e. The fraction of sp³-hybridized carbons (Fsp3) is 0.0333. The highest BCUT2D eigenvalue weighted by Crippen LogP contribution is 2.37. The Morgan fingerprint density at radius 3 is 1.85 bits per heavy atom. The fourth-order valence-electron chi connectivity index (χ4n) is 8.12. The number of fused-ring (bicyclic) bond motifs is 4. The number of furan rings is 1. The Morgan fingerprint density at radius 1 is 0.500 bits per heavy atom. The third kappa shape index (κ3) is 8.68. The third-order valence-electron chi connectivity index (χ3n) is 11.2. The summed E-state index contributed by atoms with van der Waals surface area (Å²) >= 11 is 0. The summed E-state index contributed by atoms with van der Waals surface area (Å²) in [6, 6.07) is 68.5. The van der Waals surface area contributed by atoms with Crippen molar-refractivity contribution in [1.82, 2.24) is 0 Å². The van der Waals surface area contributed by atoms with Crippen LogP contribution in [0.1, 0.15) is 36.1 Å². The van der Waals surface area contributed by atoms with Gasteiger partial charge in [0.05, 0.1) is 0 Å². The van der Waals surface area contributed by atoms with Gasteiger partial charge in [-0.2, -0.15) is 0 Å². The SMILES string of the molecule is C\C=C/C(=C\C=C\c1ccccc1)N(c1ccc(C(/C=C/c2ccccc2)=C/C=C(\C)c2cccc3oc4ccccc4c23)cc1)c1ccc(-c2cccc3ccccc23)cc1. The average molecular weight is 798 g/mol. The summed E-state index contributed by atoms with van der Waals surface area (Å²) in [4.78, 5) is 2.33. The van der Waals surface area contributed by atoms with E-state index in [-0.39, 0.29) is 0 Å². The van der Waals surface area contributed by atoms with Gasteiger partial charge in [-0.1, -0.05) is 200 Å². The van der Waals surface area contributed by atoms with Crippen molar-refractivity contribution < 1.29 is 4.42 Å². The minimum atomic E-state index is 0.898. The second-order valence-corrected chi connectivity index (χ2v) is 15.3. The number of anilines is 2. The van der Waals surface area contributed by atoms with Gasteiger partial charge in [0.25, 0.3) is 0 Å². The maximum atomic E-state index is 6.23. The lowest BCUT2D eigenvalue weighted by Crippen LogP contribution is -2.15. The molecule has 0 radical (unpaired) electrons. The van der Waals surface area contributed by atoms with Crippen molar-refractivity contribution in [2.45, 2.75) is 13.8 Å². The van der Waals surface area contributed by atoms with Gasteiger partial charge in [0.15, 0.2) is 0 Å². The van der Waals surface area contributed by atoms with Gasteiger partial charge in [0, 0.05) is 27.8 Å². The number of benzene rings is 8. The molecule has 0 unspecified atom stereocenters. The van der Waals surface area contributed by atoms with Crippen molar-refractivity contribution in [1.29, 1.82) is 0 Å². The number of allylic oxidation sites excluding steroid dienone is 9. The monoisotopic (exact) mass is 797 g/mol. The molecule has 0 aliphatic rings. The molecule has 2 nitrogen and oxygen atoms in total. The van der Waals surface area contributed by atoms with Crippen LogP contribution in [0.5, 0.6) is 0 Å². The molecule has 0 fully saturated rings. The molecule has 0 spiro atoms. The molecule has 0 atom stereocenters. The number of rotatable bonds is 12. The quantitative estimate of drug-likeness (QED) is 0.115. The van der Waals surface area contributed by atoms with Gasteiger partial charge in [-0.25, -0.2) is 0 Å². The Kier molecular flexibility index (Phi) is 11.8. The van der Waals surface area contributed by atoms with Crippen LogP contribution >= 0.6 is 0 Å². The van der Waals surface area contributed by atoms with Crippen LogP contribution in [0.4, 0.5) is 11.4 Å². The largest absolute Gasteiger partial charge is 0.456 e. The zero-order valence-corrected chi connectivity index (χ0v) is 35.0. The minimum absolute atomic E-state index is 0.898. The van der Waals surface area contributed by atoms with E-state index in [1.54, 1.807) is 0 Å². The van der Waals surface area contributed by atoms with Gasteiger partial charge in [0.2, 0.25) is 0 Å². The van der Waals surface area contributed by atoms with Crippen LogP contribution in [-0.4, -0.2) is 0 Å². The van der Waals surface area contributed by atoms with E-state index in [1.165, 1.54) is 21.9 Å². The molecule has 8 aromatic carbocycles. The van der Waals surface area contributed by atoms with Crippen molar-refractivity contribution in [3.63, 3.8) is 0 Å². The maximum absolute atomic E-state index is 6.23. The Balaban J connectivity index is 1.11. The molecule has 0 aliphatic heterocycles. The molecule has 2 heteroatoms. The highest BCUT2D eigenvalue weighted by Gasteiger charge is 2.15.